The summed E-state index contributed by atoms with van der Waals surface area (Å²) in [6.45, 7) is 2.61. The van der Waals surface area contributed by atoms with Crippen molar-refractivity contribution in [3.8, 4) is 0 Å². The van der Waals surface area contributed by atoms with Gasteiger partial charge in [0.25, 0.3) is 5.91 Å². The number of aryl methyl sites for hydroxylation is 1. The number of hydrogen-bond donors (Lipinski definition) is 2. The minimum atomic E-state index is -0.981. The molecule has 0 bridgehead atoms. The lowest BCUT2D eigenvalue weighted by atomic mass is 10.0. The lowest BCUT2D eigenvalue weighted by Crippen LogP contribution is -2.24. The van der Waals surface area contributed by atoms with E-state index in [2.05, 4.69) is 5.32 Å². The van der Waals surface area contributed by atoms with Gasteiger partial charge >= 0.3 is 5.97 Å². The highest BCUT2D eigenvalue weighted by Gasteiger charge is 2.16. The third-order valence-electron chi connectivity index (χ3n) is 3.87. The van der Waals surface area contributed by atoms with Crippen LogP contribution in [0.3, 0.4) is 0 Å². The van der Waals surface area contributed by atoms with E-state index >= 15 is 0 Å². The molecule has 1 saturated carbocycles. The second-order valence-electron chi connectivity index (χ2n) is 5.52. The van der Waals surface area contributed by atoms with Gasteiger partial charge in [0.05, 0.1) is 4.88 Å². The average Bonchev–Trinajstić information content (AvgIpc) is 3.06. The van der Waals surface area contributed by atoms with Gasteiger partial charge in [0.15, 0.2) is 0 Å². The highest BCUT2D eigenvalue weighted by Crippen LogP contribution is 2.27. The molecule has 1 aliphatic carbocycles. The average molecular weight is 307 g/mol. The number of rotatable bonds is 6. The fourth-order valence-corrected chi connectivity index (χ4v) is 3.69. The maximum absolute atomic E-state index is 12.1. The Kier molecular flexibility index (Phi) is 5.56. The molecule has 2 N–H and O–H groups in total. The van der Waals surface area contributed by atoms with Crippen LogP contribution in [-0.4, -0.2) is 23.5 Å². The summed E-state index contributed by atoms with van der Waals surface area (Å²) in [6.07, 6.45) is 8.92. The van der Waals surface area contributed by atoms with Crippen LogP contribution in [0.15, 0.2) is 12.1 Å². The fraction of sp³-hybridized carbons (Fsp3) is 0.500. The number of nitrogens with one attached hydrogen (secondary N) is 1. The van der Waals surface area contributed by atoms with E-state index in [0.29, 0.717) is 4.88 Å². The summed E-state index contributed by atoms with van der Waals surface area (Å²) in [5.41, 5.74) is 0.929. The Morgan fingerprint density at radius 3 is 2.81 bits per heavy atom. The number of aliphatic carboxylic acids is 1. The van der Waals surface area contributed by atoms with Crippen LogP contribution in [0.25, 0.3) is 6.08 Å². The fourth-order valence-electron chi connectivity index (χ4n) is 2.70. The minimum absolute atomic E-state index is 0.0592. The summed E-state index contributed by atoms with van der Waals surface area (Å²) < 4.78 is 0. The lowest BCUT2D eigenvalue weighted by molar-refractivity contribution is -0.131. The van der Waals surface area contributed by atoms with Crippen LogP contribution < -0.4 is 5.32 Å². The van der Waals surface area contributed by atoms with Crippen LogP contribution in [-0.2, 0) is 4.79 Å². The van der Waals surface area contributed by atoms with Crippen molar-refractivity contribution in [2.45, 2.75) is 39.0 Å². The molecule has 0 aliphatic heterocycles. The van der Waals surface area contributed by atoms with Gasteiger partial charge in [0.2, 0.25) is 0 Å². The van der Waals surface area contributed by atoms with E-state index in [9.17, 15) is 9.59 Å². The second-order valence-corrected chi connectivity index (χ2v) is 6.61. The smallest absolute Gasteiger partial charge is 0.328 e. The summed E-state index contributed by atoms with van der Waals surface area (Å²) >= 11 is 1.33. The van der Waals surface area contributed by atoms with Crippen molar-refractivity contribution >= 4 is 29.3 Å². The molecule has 5 heteroatoms. The van der Waals surface area contributed by atoms with Gasteiger partial charge in [0, 0.05) is 17.5 Å². The van der Waals surface area contributed by atoms with Crippen molar-refractivity contribution in [2.75, 3.05) is 6.54 Å². The Morgan fingerprint density at radius 1 is 1.43 bits per heavy atom. The number of carboxylic acids is 1. The molecule has 1 fully saturated rings. The van der Waals surface area contributed by atoms with Gasteiger partial charge in [-0.3, -0.25) is 4.79 Å². The van der Waals surface area contributed by atoms with Gasteiger partial charge in [-0.1, -0.05) is 25.7 Å². The Morgan fingerprint density at radius 2 is 2.14 bits per heavy atom. The summed E-state index contributed by atoms with van der Waals surface area (Å²) in [7, 11) is 0. The maximum Gasteiger partial charge on any atom is 0.328 e. The number of carboxylic acid groups (broad SMARTS) is 1. The summed E-state index contributed by atoms with van der Waals surface area (Å²) in [6, 6.07) is 1.82. The van der Waals surface area contributed by atoms with E-state index in [0.717, 1.165) is 35.4 Å². The van der Waals surface area contributed by atoms with Crippen LogP contribution in [0, 0.1) is 12.8 Å². The predicted octanol–water partition coefficient (Wildman–Crippen LogP) is 3.46. The zero-order valence-electron chi connectivity index (χ0n) is 12.2. The Bertz CT molecular complexity index is 542. The van der Waals surface area contributed by atoms with Gasteiger partial charge in [-0.2, -0.15) is 0 Å². The Labute approximate surface area is 128 Å². The zero-order valence-corrected chi connectivity index (χ0v) is 13.0. The van der Waals surface area contributed by atoms with Crippen molar-refractivity contribution in [1.29, 1.82) is 0 Å². The van der Waals surface area contributed by atoms with Crippen molar-refractivity contribution in [1.82, 2.24) is 5.32 Å². The predicted molar refractivity (Wildman–Crippen MR) is 84.6 cm³/mol. The highest BCUT2D eigenvalue weighted by atomic mass is 32.1. The highest BCUT2D eigenvalue weighted by molar-refractivity contribution is 7.15. The van der Waals surface area contributed by atoms with E-state index in [1.165, 1.54) is 43.1 Å². The number of thiophene rings is 1. The third kappa shape index (κ3) is 4.70. The standard InChI is InChI=1S/C16H21NO3S/c1-11-10-14(21-13(11)6-7-15(18)19)16(20)17-9-8-12-4-2-3-5-12/h6-7,10,12H,2-5,8-9H2,1H3,(H,17,20)(H,18,19)/b7-6+. The van der Waals surface area contributed by atoms with E-state index in [-0.39, 0.29) is 5.91 Å². The zero-order chi connectivity index (χ0) is 15.2. The summed E-state index contributed by atoms with van der Waals surface area (Å²) in [5, 5.41) is 11.6. The van der Waals surface area contributed by atoms with Gasteiger partial charge in [-0.25, -0.2) is 4.79 Å². The molecule has 1 heterocycles. The van der Waals surface area contributed by atoms with Crippen LogP contribution in [0.5, 0.6) is 0 Å². The lowest BCUT2D eigenvalue weighted by Gasteiger charge is -2.08. The molecule has 21 heavy (non-hydrogen) atoms. The van der Waals surface area contributed by atoms with Crippen LogP contribution in [0.2, 0.25) is 0 Å². The molecular formula is C16H21NO3S. The van der Waals surface area contributed by atoms with Gasteiger partial charge in [0.1, 0.15) is 0 Å². The molecule has 1 amide bonds. The van der Waals surface area contributed by atoms with Gasteiger partial charge in [-0.15, -0.1) is 11.3 Å². The molecule has 0 saturated heterocycles. The van der Waals surface area contributed by atoms with Crippen LogP contribution >= 0.6 is 11.3 Å². The van der Waals surface area contributed by atoms with Gasteiger partial charge in [-0.05, 0) is 37.0 Å². The first-order valence-corrected chi connectivity index (χ1v) is 8.17. The first kappa shape index (κ1) is 15.8. The SMILES string of the molecule is Cc1cc(C(=O)NCCC2CCCC2)sc1/C=C/C(=O)O. The Hall–Kier alpha value is -1.62. The molecule has 0 unspecified atom stereocenters. The van der Waals surface area contributed by atoms with Crippen molar-refractivity contribution in [3.63, 3.8) is 0 Å². The third-order valence-corrected chi connectivity index (χ3v) is 5.07. The van der Waals surface area contributed by atoms with Crippen molar-refractivity contribution in [2.24, 2.45) is 5.92 Å². The van der Waals surface area contributed by atoms with E-state index < -0.39 is 5.97 Å². The molecule has 1 aromatic rings. The molecule has 0 aromatic carbocycles. The second kappa shape index (κ2) is 7.41. The number of amides is 1. The number of carbonyl (C=O) groups excluding carboxylic acids is 1. The van der Waals surface area contributed by atoms with E-state index in [1.54, 1.807) is 0 Å². The van der Waals surface area contributed by atoms with Crippen molar-refractivity contribution < 1.29 is 14.7 Å². The first-order chi connectivity index (χ1) is 10.1. The summed E-state index contributed by atoms with van der Waals surface area (Å²) in [4.78, 5) is 24.1. The normalized spacial score (nSPS) is 15.7. The molecule has 114 valence electrons. The minimum Gasteiger partial charge on any atom is -0.478 e. The number of hydrogen-bond acceptors (Lipinski definition) is 3. The van der Waals surface area contributed by atoms with E-state index in [4.69, 9.17) is 5.11 Å². The Balaban J connectivity index is 1.87. The van der Waals surface area contributed by atoms with Crippen LogP contribution in [0.4, 0.5) is 0 Å². The van der Waals surface area contributed by atoms with Crippen molar-refractivity contribution in [3.05, 3.63) is 27.5 Å². The van der Waals surface area contributed by atoms with Gasteiger partial charge < -0.3 is 10.4 Å². The quantitative estimate of drug-likeness (QED) is 0.791. The molecular weight excluding hydrogens is 286 g/mol. The molecule has 0 atom stereocenters. The molecule has 1 aromatic heterocycles. The molecule has 0 radical (unpaired) electrons. The molecule has 1 aliphatic rings. The molecule has 0 spiro atoms. The van der Waals surface area contributed by atoms with E-state index in [1.807, 2.05) is 13.0 Å². The first-order valence-electron chi connectivity index (χ1n) is 7.36. The van der Waals surface area contributed by atoms with Crippen LogP contribution in [0.1, 0.15) is 52.2 Å². The molecule has 2 rings (SSSR count). The maximum atomic E-state index is 12.1. The topological polar surface area (TPSA) is 66.4 Å². The largest absolute Gasteiger partial charge is 0.478 e. The monoisotopic (exact) mass is 307 g/mol. The molecule has 4 nitrogen and oxygen atoms in total. The number of carbonyl (C=O) groups is 2. The summed E-state index contributed by atoms with van der Waals surface area (Å²) in [5.74, 6) is -0.272.